The Morgan fingerprint density at radius 3 is 2.62 bits per heavy atom. The van der Waals surface area contributed by atoms with Crippen LogP contribution in [0.5, 0.6) is 0 Å². The second-order valence-corrected chi connectivity index (χ2v) is 6.90. The summed E-state index contributed by atoms with van der Waals surface area (Å²) in [4.78, 5) is 2.27. The highest BCUT2D eigenvalue weighted by atomic mass is 32.2. The molecule has 1 heterocycles. The maximum atomic E-state index is 11.4. The van der Waals surface area contributed by atoms with Crippen LogP contribution in [0.2, 0.25) is 0 Å². The first-order valence-corrected chi connectivity index (χ1v) is 8.33. The van der Waals surface area contributed by atoms with Gasteiger partial charge in [0.05, 0.1) is 5.75 Å². The van der Waals surface area contributed by atoms with Crippen molar-refractivity contribution in [3.05, 3.63) is 0 Å². The van der Waals surface area contributed by atoms with Gasteiger partial charge in [-0.15, -0.1) is 0 Å². The lowest BCUT2D eigenvalue weighted by atomic mass is 10.5. The lowest BCUT2D eigenvalue weighted by Crippen LogP contribution is -2.39. The summed E-state index contributed by atoms with van der Waals surface area (Å²) in [6.07, 6.45) is 0.301. The molecule has 0 aliphatic carbocycles. The van der Waals surface area contributed by atoms with E-state index >= 15 is 0 Å². The molecular formula is C9H20N2O3S2. The molecule has 0 atom stereocenters. The Balaban J connectivity index is 2.13. The third-order valence-corrected chi connectivity index (χ3v) is 4.84. The number of aliphatic hydroxyl groups is 1. The average molecular weight is 268 g/mol. The summed E-state index contributed by atoms with van der Waals surface area (Å²) in [6, 6.07) is 0. The van der Waals surface area contributed by atoms with Crippen LogP contribution in [0.3, 0.4) is 0 Å². The Morgan fingerprint density at radius 2 is 2.00 bits per heavy atom. The minimum atomic E-state index is -3.19. The fraction of sp³-hybridized carbons (Fsp3) is 1.00. The topological polar surface area (TPSA) is 69.6 Å². The summed E-state index contributed by atoms with van der Waals surface area (Å²) in [7, 11) is -3.19. The molecule has 0 aromatic heterocycles. The lowest BCUT2D eigenvalue weighted by molar-refractivity contribution is 0.294. The Labute approximate surface area is 102 Å². The SMILES string of the molecule is O=S(=O)(CCCO)NCCN1CCSCC1. The molecule has 5 nitrogen and oxygen atoms in total. The van der Waals surface area contributed by atoms with Gasteiger partial charge in [-0.25, -0.2) is 13.1 Å². The minimum Gasteiger partial charge on any atom is -0.396 e. The highest BCUT2D eigenvalue weighted by Crippen LogP contribution is 2.07. The lowest BCUT2D eigenvalue weighted by Gasteiger charge is -2.25. The molecule has 0 amide bonds. The van der Waals surface area contributed by atoms with Crippen LogP contribution < -0.4 is 4.72 Å². The van der Waals surface area contributed by atoms with Crippen molar-refractivity contribution < 1.29 is 13.5 Å². The van der Waals surface area contributed by atoms with E-state index in [2.05, 4.69) is 9.62 Å². The molecule has 1 aliphatic rings. The van der Waals surface area contributed by atoms with Gasteiger partial charge in [0.1, 0.15) is 0 Å². The molecule has 0 radical (unpaired) electrons. The van der Waals surface area contributed by atoms with Gasteiger partial charge >= 0.3 is 0 Å². The highest BCUT2D eigenvalue weighted by Gasteiger charge is 2.12. The smallest absolute Gasteiger partial charge is 0.211 e. The van der Waals surface area contributed by atoms with Gasteiger partial charge < -0.3 is 10.0 Å². The van der Waals surface area contributed by atoms with Crippen molar-refractivity contribution in [3.63, 3.8) is 0 Å². The van der Waals surface area contributed by atoms with E-state index in [9.17, 15) is 8.42 Å². The Hall–Kier alpha value is 0.180. The second kappa shape index (κ2) is 7.50. The molecule has 0 bridgehead atoms. The predicted octanol–water partition coefficient (Wildman–Crippen LogP) is -0.663. The van der Waals surface area contributed by atoms with Crippen molar-refractivity contribution in [2.45, 2.75) is 6.42 Å². The molecule has 1 rings (SSSR count). The van der Waals surface area contributed by atoms with Crippen molar-refractivity contribution >= 4 is 21.8 Å². The quantitative estimate of drug-likeness (QED) is 0.641. The number of hydrogen-bond acceptors (Lipinski definition) is 5. The van der Waals surface area contributed by atoms with Crippen LogP contribution in [0, 0.1) is 0 Å². The Morgan fingerprint density at radius 1 is 1.31 bits per heavy atom. The number of nitrogens with zero attached hydrogens (tertiary/aromatic N) is 1. The fourth-order valence-corrected chi connectivity index (χ4v) is 3.55. The van der Waals surface area contributed by atoms with Crippen LogP contribution in [0.4, 0.5) is 0 Å². The van der Waals surface area contributed by atoms with E-state index in [4.69, 9.17) is 5.11 Å². The molecule has 0 unspecified atom stereocenters. The summed E-state index contributed by atoms with van der Waals surface area (Å²) in [6.45, 7) is 3.26. The van der Waals surface area contributed by atoms with Crippen LogP contribution >= 0.6 is 11.8 Å². The predicted molar refractivity (Wildman–Crippen MR) is 67.3 cm³/mol. The van der Waals surface area contributed by atoms with Gasteiger partial charge in [0.25, 0.3) is 0 Å². The molecule has 1 saturated heterocycles. The van der Waals surface area contributed by atoms with E-state index < -0.39 is 10.0 Å². The van der Waals surface area contributed by atoms with Crippen LogP contribution in [0.1, 0.15) is 6.42 Å². The molecule has 2 N–H and O–H groups in total. The molecule has 1 aliphatic heterocycles. The number of aliphatic hydroxyl groups excluding tert-OH is 1. The van der Waals surface area contributed by atoms with Crippen LogP contribution in [0.25, 0.3) is 0 Å². The van der Waals surface area contributed by atoms with E-state index in [1.807, 2.05) is 11.8 Å². The number of rotatable bonds is 7. The number of sulfonamides is 1. The molecule has 16 heavy (non-hydrogen) atoms. The minimum absolute atomic E-state index is 0.0132. The van der Waals surface area contributed by atoms with Crippen molar-refractivity contribution in [1.29, 1.82) is 0 Å². The summed E-state index contributed by atoms with van der Waals surface area (Å²) >= 11 is 1.94. The molecule has 7 heteroatoms. The number of nitrogens with one attached hydrogen (secondary N) is 1. The van der Waals surface area contributed by atoms with E-state index in [1.165, 1.54) is 0 Å². The Bertz CT molecular complexity index is 276. The number of thioether (sulfide) groups is 1. The van der Waals surface area contributed by atoms with Crippen molar-refractivity contribution in [1.82, 2.24) is 9.62 Å². The standard InChI is InChI=1S/C9H20N2O3S2/c12-6-1-9-16(13,14)10-2-3-11-4-7-15-8-5-11/h10,12H,1-9H2. The fourth-order valence-electron chi connectivity index (χ4n) is 1.51. The maximum Gasteiger partial charge on any atom is 0.211 e. The third-order valence-electron chi connectivity index (χ3n) is 2.42. The molecule has 0 aromatic carbocycles. The number of hydrogen-bond donors (Lipinski definition) is 2. The van der Waals surface area contributed by atoms with Crippen LogP contribution in [-0.4, -0.2) is 68.5 Å². The molecule has 0 aromatic rings. The van der Waals surface area contributed by atoms with Gasteiger partial charge in [0.2, 0.25) is 10.0 Å². The zero-order valence-electron chi connectivity index (χ0n) is 9.39. The van der Waals surface area contributed by atoms with Crippen molar-refractivity contribution in [3.8, 4) is 0 Å². The van der Waals surface area contributed by atoms with Gasteiger partial charge in [-0.2, -0.15) is 11.8 Å². The van der Waals surface area contributed by atoms with E-state index in [0.717, 1.165) is 31.1 Å². The van der Waals surface area contributed by atoms with Gasteiger partial charge in [-0.1, -0.05) is 0 Å². The van der Waals surface area contributed by atoms with E-state index in [1.54, 1.807) is 0 Å². The zero-order valence-corrected chi connectivity index (χ0v) is 11.0. The maximum absolute atomic E-state index is 11.4. The molecular weight excluding hydrogens is 248 g/mol. The third kappa shape index (κ3) is 6.05. The van der Waals surface area contributed by atoms with Gasteiger partial charge in [-0.3, -0.25) is 0 Å². The van der Waals surface area contributed by atoms with E-state index in [0.29, 0.717) is 13.0 Å². The highest BCUT2D eigenvalue weighted by molar-refractivity contribution is 7.99. The molecule has 96 valence electrons. The molecule has 0 spiro atoms. The van der Waals surface area contributed by atoms with Crippen LogP contribution in [-0.2, 0) is 10.0 Å². The van der Waals surface area contributed by atoms with Crippen LogP contribution in [0.15, 0.2) is 0 Å². The summed E-state index contributed by atoms with van der Waals surface area (Å²) in [5.74, 6) is 2.29. The summed E-state index contributed by atoms with van der Waals surface area (Å²) < 4.78 is 25.3. The van der Waals surface area contributed by atoms with Gasteiger partial charge in [0, 0.05) is 44.3 Å². The van der Waals surface area contributed by atoms with Gasteiger partial charge in [0.15, 0.2) is 0 Å². The Kier molecular flexibility index (Phi) is 6.67. The first-order valence-electron chi connectivity index (χ1n) is 5.52. The van der Waals surface area contributed by atoms with E-state index in [-0.39, 0.29) is 12.4 Å². The first kappa shape index (κ1) is 14.2. The normalized spacial score (nSPS) is 18.8. The second-order valence-electron chi connectivity index (χ2n) is 3.74. The van der Waals surface area contributed by atoms with Gasteiger partial charge in [-0.05, 0) is 6.42 Å². The summed E-state index contributed by atoms with van der Waals surface area (Å²) in [5.41, 5.74) is 0. The van der Waals surface area contributed by atoms with Crippen molar-refractivity contribution in [2.24, 2.45) is 0 Å². The average Bonchev–Trinajstić information content (AvgIpc) is 2.28. The first-order chi connectivity index (χ1) is 7.64. The molecule has 1 fully saturated rings. The zero-order chi connectivity index (χ0) is 11.9. The van der Waals surface area contributed by atoms with Crippen molar-refractivity contribution in [2.75, 3.05) is 50.0 Å². The molecule has 0 saturated carbocycles. The largest absolute Gasteiger partial charge is 0.396 e. The summed E-state index contributed by atoms with van der Waals surface area (Å²) in [5, 5.41) is 8.56. The monoisotopic (exact) mass is 268 g/mol.